The van der Waals surface area contributed by atoms with Crippen LogP contribution in [0, 0.1) is 5.41 Å². The number of nitrogens with zero attached hydrogens (tertiary/aromatic N) is 1. The Hall–Kier alpha value is -0.570. The minimum atomic E-state index is 0.0835. The molecule has 2 N–H and O–H groups in total. The van der Waals surface area contributed by atoms with Crippen LogP contribution in [0.5, 0.6) is 0 Å². The number of hydrogen-bond donors (Lipinski definition) is 1. The first-order valence-corrected chi connectivity index (χ1v) is 5.44. The van der Waals surface area contributed by atoms with Crippen LogP contribution < -0.4 is 5.73 Å². The van der Waals surface area contributed by atoms with Gasteiger partial charge in [-0.2, -0.15) is 0 Å². The molecule has 0 unspecified atom stereocenters. The number of nitrogens with two attached hydrogens (primary N) is 1. The van der Waals surface area contributed by atoms with Crippen molar-refractivity contribution in [2.75, 3.05) is 13.1 Å². The molecule has 1 atom stereocenters. The van der Waals surface area contributed by atoms with E-state index in [-0.39, 0.29) is 11.9 Å². The van der Waals surface area contributed by atoms with E-state index >= 15 is 0 Å². The zero-order chi connectivity index (χ0) is 10.8. The quantitative estimate of drug-likeness (QED) is 0.728. The largest absolute Gasteiger partial charge is 0.341 e. The maximum absolute atomic E-state index is 11.7. The normalized spacial score (nSPS) is 24.6. The maximum Gasteiger partial charge on any atom is 0.222 e. The molecule has 1 saturated heterocycles. The fourth-order valence-corrected chi connectivity index (χ4v) is 1.83. The molecule has 3 nitrogen and oxygen atoms in total. The van der Waals surface area contributed by atoms with Crippen molar-refractivity contribution in [3.8, 4) is 0 Å². The number of rotatable bonds is 2. The molecule has 1 rings (SSSR count). The van der Waals surface area contributed by atoms with E-state index in [1.165, 1.54) is 0 Å². The SMILES string of the molecule is C[C@@H](N)CN1CCC(C)(C)CCC1=O. The third kappa shape index (κ3) is 3.29. The van der Waals surface area contributed by atoms with E-state index in [2.05, 4.69) is 13.8 Å². The van der Waals surface area contributed by atoms with E-state index in [1.807, 2.05) is 11.8 Å². The van der Waals surface area contributed by atoms with Gasteiger partial charge >= 0.3 is 0 Å². The van der Waals surface area contributed by atoms with Crippen LogP contribution in [-0.2, 0) is 4.79 Å². The van der Waals surface area contributed by atoms with Gasteiger partial charge in [0, 0.05) is 25.6 Å². The highest BCUT2D eigenvalue weighted by molar-refractivity contribution is 5.76. The first kappa shape index (κ1) is 11.5. The van der Waals surface area contributed by atoms with Gasteiger partial charge in [-0.25, -0.2) is 0 Å². The van der Waals surface area contributed by atoms with Gasteiger partial charge in [-0.15, -0.1) is 0 Å². The molecule has 0 aromatic carbocycles. The third-order valence-electron chi connectivity index (χ3n) is 2.94. The van der Waals surface area contributed by atoms with Crippen LogP contribution in [0.2, 0.25) is 0 Å². The van der Waals surface area contributed by atoms with Gasteiger partial charge in [0.05, 0.1) is 0 Å². The molecular weight excluding hydrogens is 176 g/mol. The van der Waals surface area contributed by atoms with Crippen LogP contribution in [0.25, 0.3) is 0 Å². The lowest BCUT2D eigenvalue weighted by molar-refractivity contribution is -0.130. The molecule has 0 spiro atoms. The summed E-state index contributed by atoms with van der Waals surface area (Å²) in [6, 6.07) is 0.0835. The summed E-state index contributed by atoms with van der Waals surface area (Å²) in [5.41, 5.74) is 6.02. The molecule has 0 aliphatic carbocycles. The summed E-state index contributed by atoms with van der Waals surface area (Å²) in [5.74, 6) is 0.271. The van der Waals surface area contributed by atoms with E-state index < -0.39 is 0 Å². The number of amides is 1. The summed E-state index contributed by atoms with van der Waals surface area (Å²) in [4.78, 5) is 13.6. The summed E-state index contributed by atoms with van der Waals surface area (Å²) in [5, 5.41) is 0. The molecule has 0 bridgehead atoms. The number of carbonyl (C=O) groups excluding carboxylic acids is 1. The Morgan fingerprint density at radius 1 is 1.50 bits per heavy atom. The maximum atomic E-state index is 11.7. The second-order valence-corrected chi connectivity index (χ2v) is 5.23. The van der Waals surface area contributed by atoms with Gasteiger partial charge in [0.25, 0.3) is 0 Å². The second-order valence-electron chi connectivity index (χ2n) is 5.23. The Kier molecular flexibility index (Phi) is 3.53. The van der Waals surface area contributed by atoms with E-state index in [1.54, 1.807) is 0 Å². The second kappa shape index (κ2) is 4.30. The number of hydrogen-bond acceptors (Lipinski definition) is 2. The molecular formula is C11H22N2O. The van der Waals surface area contributed by atoms with E-state index in [9.17, 15) is 4.79 Å². The van der Waals surface area contributed by atoms with Crippen molar-refractivity contribution in [1.29, 1.82) is 0 Å². The van der Waals surface area contributed by atoms with E-state index in [0.717, 1.165) is 19.4 Å². The highest BCUT2D eigenvalue weighted by Gasteiger charge is 2.27. The van der Waals surface area contributed by atoms with E-state index in [4.69, 9.17) is 5.73 Å². The summed E-state index contributed by atoms with van der Waals surface area (Å²) in [6.45, 7) is 7.98. The molecule has 1 amide bonds. The Morgan fingerprint density at radius 3 is 2.71 bits per heavy atom. The Labute approximate surface area is 86.6 Å². The highest BCUT2D eigenvalue weighted by atomic mass is 16.2. The van der Waals surface area contributed by atoms with Crippen molar-refractivity contribution >= 4 is 5.91 Å². The smallest absolute Gasteiger partial charge is 0.222 e. The van der Waals surface area contributed by atoms with Gasteiger partial charge in [-0.3, -0.25) is 4.79 Å². The molecule has 0 aromatic heterocycles. The molecule has 1 fully saturated rings. The summed E-state index contributed by atoms with van der Waals surface area (Å²) in [6.07, 6.45) is 2.77. The molecule has 0 aromatic rings. The van der Waals surface area contributed by atoms with Crippen molar-refractivity contribution in [1.82, 2.24) is 4.90 Å². The fraction of sp³-hybridized carbons (Fsp3) is 0.909. The summed E-state index contributed by atoms with van der Waals surface area (Å²) >= 11 is 0. The zero-order valence-electron chi connectivity index (χ0n) is 9.55. The molecule has 0 saturated carbocycles. The topological polar surface area (TPSA) is 46.3 Å². The molecule has 1 aliphatic rings. The lowest BCUT2D eigenvalue weighted by Gasteiger charge is -2.24. The number of carbonyl (C=O) groups is 1. The predicted molar refractivity (Wildman–Crippen MR) is 57.9 cm³/mol. The van der Waals surface area contributed by atoms with Gasteiger partial charge in [0.1, 0.15) is 0 Å². The third-order valence-corrected chi connectivity index (χ3v) is 2.94. The first-order valence-electron chi connectivity index (χ1n) is 5.44. The summed E-state index contributed by atoms with van der Waals surface area (Å²) in [7, 11) is 0. The van der Waals surface area contributed by atoms with Gasteiger partial charge in [-0.1, -0.05) is 13.8 Å². The van der Waals surface area contributed by atoms with Crippen LogP contribution >= 0.6 is 0 Å². The molecule has 1 aliphatic heterocycles. The predicted octanol–water partition coefficient (Wildman–Crippen LogP) is 1.37. The van der Waals surface area contributed by atoms with Crippen LogP contribution in [0.4, 0.5) is 0 Å². The molecule has 14 heavy (non-hydrogen) atoms. The van der Waals surface area contributed by atoms with Crippen LogP contribution in [0.3, 0.4) is 0 Å². The van der Waals surface area contributed by atoms with Gasteiger partial charge in [-0.05, 0) is 25.2 Å². The Morgan fingerprint density at radius 2 is 2.14 bits per heavy atom. The first-order chi connectivity index (χ1) is 6.41. The average molecular weight is 198 g/mol. The highest BCUT2D eigenvalue weighted by Crippen LogP contribution is 2.30. The van der Waals surface area contributed by atoms with Crippen LogP contribution in [0.15, 0.2) is 0 Å². The van der Waals surface area contributed by atoms with Crippen molar-refractivity contribution in [2.45, 2.75) is 46.1 Å². The van der Waals surface area contributed by atoms with Crippen molar-refractivity contribution in [3.63, 3.8) is 0 Å². The molecule has 1 heterocycles. The Bertz CT molecular complexity index is 211. The lowest BCUT2D eigenvalue weighted by Crippen LogP contribution is -2.39. The Balaban J connectivity index is 2.56. The minimum absolute atomic E-state index is 0.0835. The minimum Gasteiger partial charge on any atom is -0.341 e. The molecule has 0 radical (unpaired) electrons. The standard InChI is InChI=1S/C11H22N2O/c1-9(12)8-13-7-6-11(2,3)5-4-10(13)14/h9H,4-8,12H2,1-3H3/t9-/m1/s1. The number of likely N-dealkylation sites (tertiary alicyclic amines) is 1. The van der Waals surface area contributed by atoms with Crippen LogP contribution in [0.1, 0.15) is 40.0 Å². The van der Waals surface area contributed by atoms with Crippen molar-refractivity contribution in [3.05, 3.63) is 0 Å². The monoisotopic (exact) mass is 198 g/mol. The zero-order valence-corrected chi connectivity index (χ0v) is 9.55. The summed E-state index contributed by atoms with van der Waals surface area (Å²) < 4.78 is 0. The van der Waals surface area contributed by atoms with Crippen LogP contribution in [-0.4, -0.2) is 29.9 Å². The lowest BCUT2D eigenvalue weighted by atomic mass is 9.85. The van der Waals surface area contributed by atoms with E-state index in [0.29, 0.717) is 18.4 Å². The molecule has 3 heteroatoms. The average Bonchev–Trinajstić information content (AvgIpc) is 2.17. The molecule has 82 valence electrons. The van der Waals surface area contributed by atoms with Gasteiger partial charge in [0.15, 0.2) is 0 Å². The fourth-order valence-electron chi connectivity index (χ4n) is 1.83. The van der Waals surface area contributed by atoms with Crippen molar-refractivity contribution in [2.24, 2.45) is 11.1 Å². The van der Waals surface area contributed by atoms with Gasteiger partial charge in [0.2, 0.25) is 5.91 Å². The van der Waals surface area contributed by atoms with Gasteiger partial charge < -0.3 is 10.6 Å². The van der Waals surface area contributed by atoms with Crippen molar-refractivity contribution < 1.29 is 4.79 Å².